The van der Waals surface area contributed by atoms with E-state index in [4.69, 9.17) is 11.6 Å². The van der Waals surface area contributed by atoms with E-state index in [9.17, 15) is 19.7 Å². The molecule has 0 atom stereocenters. The van der Waals surface area contributed by atoms with E-state index in [0.717, 1.165) is 0 Å². The number of nitro groups is 1. The number of aryl methyl sites for hydroxylation is 1. The summed E-state index contributed by atoms with van der Waals surface area (Å²) in [5.74, 6) is -0.0922. The van der Waals surface area contributed by atoms with Gasteiger partial charge in [-0.2, -0.15) is 0 Å². The Bertz CT molecular complexity index is 1410. The van der Waals surface area contributed by atoms with Gasteiger partial charge in [-0.1, -0.05) is 29.8 Å². The predicted octanol–water partition coefficient (Wildman–Crippen LogP) is 4.51. The quantitative estimate of drug-likeness (QED) is 0.375. The molecule has 1 heterocycles. The van der Waals surface area contributed by atoms with Crippen LogP contribution in [0.2, 0.25) is 5.02 Å². The summed E-state index contributed by atoms with van der Waals surface area (Å²) in [6.07, 6.45) is 0. The Morgan fingerprint density at radius 1 is 1.10 bits per heavy atom. The van der Waals surface area contributed by atoms with Crippen LogP contribution < -0.4 is 10.9 Å². The van der Waals surface area contributed by atoms with Gasteiger partial charge in [-0.3, -0.25) is 24.3 Å². The summed E-state index contributed by atoms with van der Waals surface area (Å²) >= 11 is 6.25. The van der Waals surface area contributed by atoms with E-state index in [-0.39, 0.29) is 27.5 Å². The number of hydrogen-bond donors (Lipinski definition) is 1. The summed E-state index contributed by atoms with van der Waals surface area (Å²) in [5.41, 5.74) is 0.985. The molecule has 1 N–H and O–H groups in total. The molecule has 8 nitrogen and oxygen atoms in total. The fraction of sp³-hybridized carbons (Fsp3) is 0.0455. The van der Waals surface area contributed by atoms with Gasteiger partial charge < -0.3 is 5.32 Å². The lowest BCUT2D eigenvalue weighted by Crippen LogP contribution is -2.22. The second kappa shape index (κ2) is 8.00. The number of carbonyl (C=O) groups is 1. The number of fused-ring (bicyclic) bond motifs is 1. The molecule has 0 aliphatic carbocycles. The van der Waals surface area contributed by atoms with Gasteiger partial charge in [-0.25, -0.2) is 4.98 Å². The highest BCUT2D eigenvalue weighted by molar-refractivity contribution is 6.34. The molecule has 0 aliphatic heterocycles. The Kier molecular flexibility index (Phi) is 5.22. The molecule has 0 aliphatic rings. The number of benzene rings is 3. The number of rotatable bonds is 4. The highest BCUT2D eigenvalue weighted by Crippen LogP contribution is 2.26. The maximum atomic E-state index is 13.0. The molecular formula is C22H15ClN4O4. The summed E-state index contributed by atoms with van der Waals surface area (Å²) in [4.78, 5) is 40.5. The van der Waals surface area contributed by atoms with Crippen molar-refractivity contribution in [2.45, 2.75) is 6.92 Å². The molecule has 154 valence electrons. The molecule has 0 spiro atoms. The van der Waals surface area contributed by atoms with E-state index >= 15 is 0 Å². The van der Waals surface area contributed by atoms with Crippen LogP contribution >= 0.6 is 11.6 Å². The molecule has 0 saturated carbocycles. The van der Waals surface area contributed by atoms with Gasteiger partial charge in [0.15, 0.2) is 0 Å². The van der Waals surface area contributed by atoms with Gasteiger partial charge >= 0.3 is 0 Å². The van der Waals surface area contributed by atoms with Crippen LogP contribution in [-0.4, -0.2) is 20.4 Å². The predicted molar refractivity (Wildman–Crippen MR) is 118 cm³/mol. The van der Waals surface area contributed by atoms with E-state index in [1.807, 2.05) is 6.07 Å². The van der Waals surface area contributed by atoms with Crippen molar-refractivity contribution in [3.63, 3.8) is 0 Å². The van der Waals surface area contributed by atoms with Crippen molar-refractivity contribution in [1.29, 1.82) is 0 Å². The molecule has 31 heavy (non-hydrogen) atoms. The SMILES string of the molecule is Cc1nc2ccccc2c(=O)n1-c1ccc(Cl)c(NC(=O)c2cccc([N+](=O)[O-])c2)c1. The minimum atomic E-state index is -0.577. The Balaban J connectivity index is 1.74. The molecule has 0 saturated heterocycles. The molecule has 1 aromatic heterocycles. The zero-order valence-electron chi connectivity index (χ0n) is 16.2. The van der Waals surface area contributed by atoms with Crippen molar-refractivity contribution >= 4 is 39.8 Å². The third-order valence-electron chi connectivity index (χ3n) is 4.72. The molecule has 0 unspecified atom stereocenters. The van der Waals surface area contributed by atoms with Gasteiger partial charge in [0.05, 0.1) is 32.2 Å². The minimum Gasteiger partial charge on any atom is -0.321 e. The first-order valence-electron chi connectivity index (χ1n) is 9.19. The lowest BCUT2D eigenvalue weighted by atomic mass is 10.1. The highest BCUT2D eigenvalue weighted by Gasteiger charge is 2.15. The number of nitro benzene ring substituents is 1. The molecule has 1 amide bonds. The summed E-state index contributed by atoms with van der Waals surface area (Å²) in [7, 11) is 0. The van der Waals surface area contributed by atoms with Crippen molar-refractivity contribution in [3.8, 4) is 5.69 Å². The third-order valence-corrected chi connectivity index (χ3v) is 5.05. The molecule has 4 aromatic rings. The van der Waals surface area contributed by atoms with Gasteiger partial charge in [0.25, 0.3) is 17.2 Å². The number of nitrogens with one attached hydrogen (secondary N) is 1. The van der Waals surface area contributed by atoms with Crippen LogP contribution in [0.15, 0.2) is 71.5 Å². The van der Waals surface area contributed by atoms with Crippen LogP contribution in [0.1, 0.15) is 16.2 Å². The highest BCUT2D eigenvalue weighted by atomic mass is 35.5. The number of hydrogen-bond acceptors (Lipinski definition) is 5. The Morgan fingerprint density at radius 3 is 2.65 bits per heavy atom. The normalized spacial score (nSPS) is 10.8. The maximum Gasteiger partial charge on any atom is 0.270 e. The van der Waals surface area contributed by atoms with E-state index in [2.05, 4.69) is 10.3 Å². The van der Waals surface area contributed by atoms with Gasteiger partial charge in [-0.15, -0.1) is 0 Å². The average Bonchev–Trinajstić information content (AvgIpc) is 2.76. The number of para-hydroxylation sites is 1. The van der Waals surface area contributed by atoms with Gasteiger partial charge in [0, 0.05) is 17.7 Å². The Labute approximate surface area is 180 Å². The number of anilines is 1. The molecule has 3 aromatic carbocycles. The number of non-ortho nitro benzene ring substituents is 1. The van der Waals surface area contributed by atoms with E-state index in [1.165, 1.54) is 28.8 Å². The third kappa shape index (κ3) is 3.88. The van der Waals surface area contributed by atoms with Crippen LogP contribution in [0.5, 0.6) is 0 Å². The molecule has 4 rings (SSSR count). The van der Waals surface area contributed by atoms with E-state index in [1.54, 1.807) is 43.3 Å². The zero-order valence-corrected chi connectivity index (χ0v) is 17.0. The number of nitrogens with zero attached hydrogens (tertiary/aromatic N) is 3. The largest absolute Gasteiger partial charge is 0.321 e. The van der Waals surface area contributed by atoms with Crippen LogP contribution in [0, 0.1) is 17.0 Å². The summed E-state index contributed by atoms with van der Waals surface area (Å²) < 4.78 is 1.43. The number of halogens is 1. The first-order chi connectivity index (χ1) is 14.8. The average molecular weight is 435 g/mol. The fourth-order valence-corrected chi connectivity index (χ4v) is 3.42. The summed E-state index contributed by atoms with van der Waals surface area (Å²) in [6, 6.07) is 17.2. The second-order valence-corrected chi connectivity index (χ2v) is 7.15. The summed E-state index contributed by atoms with van der Waals surface area (Å²) in [5, 5.41) is 14.3. The first kappa shape index (κ1) is 20.2. The molecule has 0 fully saturated rings. The van der Waals surface area contributed by atoms with Gasteiger partial charge in [0.1, 0.15) is 5.82 Å². The second-order valence-electron chi connectivity index (χ2n) is 6.74. The number of amides is 1. The van der Waals surface area contributed by atoms with Crippen molar-refractivity contribution in [3.05, 3.63) is 104 Å². The standard InChI is InChI=1S/C22H15ClN4O4/c1-13-24-19-8-3-2-7-17(19)22(29)26(13)15-9-10-18(23)20(12-15)25-21(28)14-5-4-6-16(11-14)27(30)31/h2-12H,1H3,(H,25,28). The lowest BCUT2D eigenvalue weighted by Gasteiger charge is -2.14. The van der Waals surface area contributed by atoms with Crippen LogP contribution in [0.25, 0.3) is 16.6 Å². The first-order valence-corrected chi connectivity index (χ1v) is 9.57. The van der Waals surface area contributed by atoms with Crippen molar-refractivity contribution < 1.29 is 9.72 Å². The Morgan fingerprint density at radius 2 is 1.87 bits per heavy atom. The molecule has 0 bridgehead atoms. The fourth-order valence-electron chi connectivity index (χ4n) is 3.25. The van der Waals surface area contributed by atoms with Gasteiger partial charge in [-0.05, 0) is 43.3 Å². The number of carbonyl (C=O) groups excluding carboxylic acids is 1. The lowest BCUT2D eigenvalue weighted by molar-refractivity contribution is -0.384. The summed E-state index contributed by atoms with van der Waals surface area (Å²) in [6.45, 7) is 1.71. The van der Waals surface area contributed by atoms with Crippen molar-refractivity contribution in [2.24, 2.45) is 0 Å². The molecule has 9 heteroatoms. The van der Waals surface area contributed by atoms with Crippen molar-refractivity contribution in [2.75, 3.05) is 5.32 Å². The topological polar surface area (TPSA) is 107 Å². The van der Waals surface area contributed by atoms with E-state index < -0.39 is 10.8 Å². The van der Waals surface area contributed by atoms with Crippen LogP contribution in [-0.2, 0) is 0 Å². The van der Waals surface area contributed by atoms with E-state index in [0.29, 0.717) is 22.4 Å². The van der Waals surface area contributed by atoms with Crippen LogP contribution in [0.3, 0.4) is 0 Å². The van der Waals surface area contributed by atoms with Crippen LogP contribution in [0.4, 0.5) is 11.4 Å². The zero-order chi connectivity index (χ0) is 22.1. The minimum absolute atomic E-state index is 0.108. The smallest absolute Gasteiger partial charge is 0.270 e. The van der Waals surface area contributed by atoms with Gasteiger partial charge in [0.2, 0.25) is 0 Å². The number of aromatic nitrogens is 2. The molecule has 0 radical (unpaired) electrons. The monoisotopic (exact) mass is 434 g/mol. The molecular weight excluding hydrogens is 420 g/mol. The maximum absolute atomic E-state index is 13.0. The Hall–Kier alpha value is -4.04. The van der Waals surface area contributed by atoms with Crippen molar-refractivity contribution in [1.82, 2.24) is 9.55 Å².